The lowest BCUT2D eigenvalue weighted by atomic mass is 10.2. The molecule has 0 amide bonds. The zero-order valence-electron chi connectivity index (χ0n) is 9.14. The molecule has 90 valence electrons. The van der Waals surface area contributed by atoms with Crippen LogP contribution in [0.15, 0.2) is 12.4 Å². The molecule has 16 heavy (non-hydrogen) atoms. The average molecular weight is 264 g/mol. The van der Waals surface area contributed by atoms with Gasteiger partial charge in [0.1, 0.15) is 20.8 Å². The Balaban J connectivity index is 2.49. The molecule has 0 aliphatic rings. The van der Waals surface area contributed by atoms with Crippen LogP contribution in [0.5, 0.6) is 0 Å². The second-order valence-corrected chi connectivity index (χ2v) is 6.34. The smallest absolute Gasteiger partial charge is 0.149 e. The third-order valence-corrected chi connectivity index (χ3v) is 3.08. The van der Waals surface area contributed by atoms with Crippen LogP contribution in [0.4, 0.5) is 5.82 Å². The van der Waals surface area contributed by atoms with Gasteiger partial charge in [0.15, 0.2) is 0 Å². The van der Waals surface area contributed by atoms with Crippen molar-refractivity contribution in [1.82, 2.24) is 9.97 Å². The van der Waals surface area contributed by atoms with E-state index in [1.807, 2.05) is 6.92 Å². The number of hydrogen-bond acceptors (Lipinski definition) is 5. The molecule has 5 nitrogen and oxygen atoms in total. The van der Waals surface area contributed by atoms with Crippen molar-refractivity contribution in [2.75, 3.05) is 17.3 Å². The molecule has 0 aliphatic heterocycles. The number of nitrogens with one attached hydrogen (secondary N) is 1. The van der Waals surface area contributed by atoms with Gasteiger partial charge in [-0.25, -0.2) is 13.4 Å². The quantitative estimate of drug-likeness (QED) is 0.869. The van der Waals surface area contributed by atoms with Crippen molar-refractivity contribution in [3.8, 4) is 0 Å². The van der Waals surface area contributed by atoms with E-state index < -0.39 is 9.84 Å². The fraction of sp³-hybridized carbons (Fsp3) is 0.556. The van der Waals surface area contributed by atoms with Gasteiger partial charge in [0.2, 0.25) is 0 Å². The van der Waals surface area contributed by atoms with Crippen LogP contribution in [0, 0.1) is 0 Å². The van der Waals surface area contributed by atoms with E-state index in [0.29, 0.717) is 17.4 Å². The molecule has 1 heterocycles. The summed E-state index contributed by atoms with van der Waals surface area (Å²) >= 11 is 5.67. The highest BCUT2D eigenvalue weighted by atomic mass is 35.5. The lowest BCUT2D eigenvalue weighted by Crippen LogP contribution is -2.20. The van der Waals surface area contributed by atoms with Crippen molar-refractivity contribution in [3.63, 3.8) is 0 Å². The standard InChI is InChI=1S/C9H14ClN3O2S/c1-7(3-4-16(2,14)15)12-9-6-11-5-8(10)13-9/h5-7H,3-4H2,1-2H3,(H,12,13). The Kier molecular flexibility index (Phi) is 4.49. The predicted octanol–water partition coefficient (Wildman–Crippen LogP) is 1.37. The molecule has 0 spiro atoms. The van der Waals surface area contributed by atoms with Gasteiger partial charge < -0.3 is 5.32 Å². The lowest BCUT2D eigenvalue weighted by Gasteiger charge is -2.13. The van der Waals surface area contributed by atoms with Crippen molar-refractivity contribution in [3.05, 3.63) is 17.5 Å². The molecule has 0 aromatic carbocycles. The van der Waals surface area contributed by atoms with Gasteiger partial charge in [0, 0.05) is 12.3 Å². The van der Waals surface area contributed by atoms with E-state index in [-0.39, 0.29) is 11.8 Å². The molecule has 1 rings (SSSR count). The zero-order chi connectivity index (χ0) is 12.2. The highest BCUT2D eigenvalue weighted by molar-refractivity contribution is 7.90. The first-order valence-electron chi connectivity index (χ1n) is 4.78. The summed E-state index contributed by atoms with van der Waals surface area (Å²) in [7, 11) is -2.92. The van der Waals surface area contributed by atoms with Crippen molar-refractivity contribution >= 4 is 27.3 Å². The summed E-state index contributed by atoms with van der Waals surface area (Å²) in [5.41, 5.74) is 0. The van der Waals surface area contributed by atoms with Crippen LogP contribution in [0.3, 0.4) is 0 Å². The van der Waals surface area contributed by atoms with Gasteiger partial charge in [0.05, 0.1) is 18.1 Å². The number of halogens is 1. The molecule has 7 heteroatoms. The summed E-state index contributed by atoms with van der Waals surface area (Å²) < 4.78 is 21.9. The minimum absolute atomic E-state index is 0.00231. The zero-order valence-corrected chi connectivity index (χ0v) is 10.7. The van der Waals surface area contributed by atoms with Gasteiger partial charge in [-0.15, -0.1) is 0 Å². The van der Waals surface area contributed by atoms with Crippen molar-refractivity contribution < 1.29 is 8.42 Å². The molecular weight excluding hydrogens is 250 g/mol. The van der Waals surface area contributed by atoms with Crippen LogP contribution in [-0.2, 0) is 9.84 Å². The van der Waals surface area contributed by atoms with E-state index >= 15 is 0 Å². The predicted molar refractivity (Wildman–Crippen MR) is 64.5 cm³/mol. The second-order valence-electron chi connectivity index (χ2n) is 3.69. The molecule has 1 aromatic rings. The number of anilines is 1. The topological polar surface area (TPSA) is 72.0 Å². The van der Waals surface area contributed by atoms with E-state index in [9.17, 15) is 8.42 Å². The molecule has 0 saturated carbocycles. The van der Waals surface area contributed by atoms with Crippen LogP contribution < -0.4 is 5.32 Å². The maximum Gasteiger partial charge on any atom is 0.149 e. The van der Waals surface area contributed by atoms with Crippen molar-refractivity contribution in [2.45, 2.75) is 19.4 Å². The first-order chi connectivity index (χ1) is 7.37. The van der Waals surface area contributed by atoms with E-state index in [4.69, 9.17) is 11.6 Å². The minimum atomic E-state index is -2.92. The Morgan fingerprint density at radius 3 is 2.75 bits per heavy atom. The summed E-state index contributed by atoms with van der Waals surface area (Å²) in [6, 6.07) is 0.00231. The van der Waals surface area contributed by atoms with E-state index in [1.54, 1.807) is 6.20 Å². The molecule has 1 N–H and O–H groups in total. The molecule has 1 aromatic heterocycles. The molecule has 0 fully saturated rings. The first kappa shape index (κ1) is 13.2. The summed E-state index contributed by atoms with van der Waals surface area (Å²) in [5.74, 6) is 0.698. The highest BCUT2D eigenvalue weighted by Crippen LogP contribution is 2.09. The third-order valence-electron chi connectivity index (χ3n) is 1.92. The van der Waals surface area contributed by atoms with Crippen molar-refractivity contribution in [1.29, 1.82) is 0 Å². The van der Waals surface area contributed by atoms with Crippen LogP contribution in [0.2, 0.25) is 5.15 Å². The average Bonchev–Trinajstić information content (AvgIpc) is 2.14. The Bertz CT molecular complexity index is 450. The van der Waals surface area contributed by atoms with Gasteiger partial charge in [-0.3, -0.25) is 4.98 Å². The van der Waals surface area contributed by atoms with Gasteiger partial charge in [-0.05, 0) is 13.3 Å². The molecule has 1 unspecified atom stereocenters. The van der Waals surface area contributed by atoms with E-state index in [2.05, 4.69) is 15.3 Å². The minimum Gasteiger partial charge on any atom is -0.366 e. The molecular formula is C9H14ClN3O2S. The molecule has 0 bridgehead atoms. The largest absolute Gasteiger partial charge is 0.366 e. The molecule has 0 aliphatic carbocycles. The Hall–Kier alpha value is -0.880. The number of nitrogens with zero attached hydrogens (tertiary/aromatic N) is 2. The number of rotatable bonds is 5. The SMILES string of the molecule is CC(CCS(C)(=O)=O)Nc1cncc(Cl)n1. The Morgan fingerprint density at radius 1 is 1.50 bits per heavy atom. The summed E-state index contributed by atoms with van der Waals surface area (Å²) in [4.78, 5) is 7.87. The second kappa shape index (κ2) is 5.45. The van der Waals surface area contributed by atoms with Crippen LogP contribution in [-0.4, -0.2) is 36.4 Å². The summed E-state index contributed by atoms with van der Waals surface area (Å²) in [6.07, 6.45) is 4.72. The van der Waals surface area contributed by atoms with Crippen LogP contribution in [0.25, 0.3) is 0 Å². The summed E-state index contributed by atoms with van der Waals surface area (Å²) in [6.45, 7) is 1.88. The monoisotopic (exact) mass is 263 g/mol. The molecule has 1 atom stereocenters. The number of sulfone groups is 1. The highest BCUT2D eigenvalue weighted by Gasteiger charge is 2.08. The fourth-order valence-corrected chi connectivity index (χ4v) is 2.06. The van der Waals surface area contributed by atoms with Crippen LogP contribution in [0.1, 0.15) is 13.3 Å². The Morgan fingerprint density at radius 2 is 2.19 bits per heavy atom. The summed E-state index contributed by atoms with van der Waals surface area (Å²) in [5, 5.41) is 3.34. The number of hydrogen-bond donors (Lipinski definition) is 1. The van der Waals surface area contributed by atoms with Gasteiger partial charge >= 0.3 is 0 Å². The van der Waals surface area contributed by atoms with Crippen molar-refractivity contribution in [2.24, 2.45) is 0 Å². The van der Waals surface area contributed by atoms with Gasteiger partial charge in [-0.2, -0.15) is 0 Å². The first-order valence-corrected chi connectivity index (χ1v) is 7.22. The van der Waals surface area contributed by atoms with Gasteiger partial charge in [0.25, 0.3) is 0 Å². The lowest BCUT2D eigenvalue weighted by molar-refractivity contribution is 0.595. The molecule has 0 saturated heterocycles. The van der Waals surface area contributed by atoms with E-state index in [1.165, 1.54) is 12.5 Å². The van der Waals surface area contributed by atoms with Gasteiger partial charge in [-0.1, -0.05) is 11.6 Å². The molecule has 0 radical (unpaired) electrons. The number of aromatic nitrogens is 2. The normalized spacial score (nSPS) is 13.4. The Labute approximate surface area is 100 Å². The maximum atomic E-state index is 11.0. The van der Waals surface area contributed by atoms with Crippen LogP contribution >= 0.6 is 11.6 Å². The fourth-order valence-electron chi connectivity index (χ4n) is 1.13. The maximum absolute atomic E-state index is 11.0. The van der Waals surface area contributed by atoms with E-state index in [0.717, 1.165) is 0 Å². The third kappa shape index (κ3) is 5.27.